The Hall–Kier alpha value is -2.69. The molecule has 5 heteroatoms. The summed E-state index contributed by atoms with van der Waals surface area (Å²) in [5.41, 5.74) is 2.20. The van der Waals surface area contributed by atoms with Crippen molar-refractivity contribution < 1.29 is 4.79 Å². The molecule has 18 heavy (non-hydrogen) atoms. The van der Waals surface area contributed by atoms with Crippen molar-refractivity contribution in [3.8, 4) is 0 Å². The third kappa shape index (κ3) is 1.82. The largest absolute Gasteiger partial charge is 0.321 e. The van der Waals surface area contributed by atoms with Gasteiger partial charge >= 0.3 is 0 Å². The van der Waals surface area contributed by atoms with E-state index in [0.717, 1.165) is 16.6 Å². The molecule has 0 aliphatic rings. The Morgan fingerprint density at radius 3 is 2.83 bits per heavy atom. The lowest BCUT2D eigenvalue weighted by molar-refractivity contribution is 0.102. The molecular weight excluding hydrogens is 228 g/mol. The second kappa shape index (κ2) is 4.29. The maximum atomic E-state index is 12.0. The van der Waals surface area contributed by atoms with E-state index in [1.165, 1.54) is 0 Å². The van der Waals surface area contributed by atoms with E-state index in [9.17, 15) is 4.79 Å². The minimum atomic E-state index is -0.161. The highest BCUT2D eigenvalue weighted by atomic mass is 16.1. The van der Waals surface area contributed by atoms with Crippen LogP contribution < -0.4 is 5.32 Å². The van der Waals surface area contributed by atoms with Crippen molar-refractivity contribution >= 4 is 22.5 Å². The van der Waals surface area contributed by atoms with Crippen LogP contribution >= 0.6 is 0 Å². The van der Waals surface area contributed by atoms with Crippen LogP contribution in [0.25, 0.3) is 10.9 Å². The highest BCUT2D eigenvalue weighted by Crippen LogP contribution is 2.21. The number of rotatable bonds is 2. The first-order chi connectivity index (χ1) is 8.84. The SMILES string of the molecule is O=C(Nc1cccc2[nH]ncc12)c1ccncc1. The molecule has 5 nitrogen and oxygen atoms in total. The second-order valence-electron chi connectivity index (χ2n) is 3.83. The van der Waals surface area contributed by atoms with Crippen LogP contribution in [0.3, 0.4) is 0 Å². The van der Waals surface area contributed by atoms with Gasteiger partial charge in [-0.25, -0.2) is 0 Å². The van der Waals surface area contributed by atoms with Crippen molar-refractivity contribution in [1.82, 2.24) is 15.2 Å². The molecule has 0 spiro atoms. The van der Waals surface area contributed by atoms with Gasteiger partial charge in [-0.15, -0.1) is 0 Å². The summed E-state index contributed by atoms with van der Waals surface area (Å²) in [4.78, 5) is 15.9. The zero-order valence-electron chi connectivity index (χ0n) is 9.42. The Morgan fingerprint density at radius 1 is 1.17 bits per heavy atom. The minimum absolute atomic E-state index is 0.161. The van der Waals surface area contributed by atoms with Crippen LogP contribution in [0.15, 0.2) is 48.9 Å². The van der Waals surface area contributed by atoms with Crippen LogP contribution in [-0.4, -0.2) is 21.1 Å². The number of nitrogens with zero attached hydrogens (tertiary/aromatic N) is 2. The van der Waals surface area contributed by atoms with E-state index in [0.29, 0.717) is 5.56 Å². The summed E-state index contributed by atoms with van der Waals surface area (Å²) in [5.74, 6) is -0.161. The predicted molar refractivity (Wildman–Crippen MR) is 68.3 cm³/mol. The normalized spacial score (nSPS) is 10.4. The molecule has 0 radical (unpaired) electrons. The number of H-pyrrole nitrogens is 1. The zero-order chi connectivity index (χ0) is 12.4. The third-order valence-electron chi connectivity index (χ3n) is 2.68. The average molecular weight is 238 g/mol. The van der Waals surface area contributed by atoms with Gasteiger partial charge in [0.05, 0.1) is 17.4 Å². The van der Waals surface area contributed by atoms with Gasteiger partial charge in [0, 0.05) is 23.3 Å². The van der Waals surface area contributed by atoms with Gasteiger partial charge in [-0.2, -0.15) is 5.10 Å². The molecule has 1 amide bonds. The summed E-state index contributed by atoms with van der Waals surface area (Å²) < 4.78 is 0. The van der Waals surface area contributed by atoms with Crippen LogP contribution in [0.1, 0.15) is 10.4 Å². The molecule has 0 saturated carbocycles. The molecule has 0 saturated heterocycles. The van der Waals surface area contributed by atoms with E-state index in [1.54, 1.807) is 30.7 Å². The van der Waals surface area contributed by atoms with Crippen LogP contribution in [0.4, 0.5) is 5.69 Å². The molecule has 0 unspecified atom stereocenters. The molecule has 0 atom stereocenters. The summed E-state index contributed by atoms with van der Waals surface area (Å²) in [7, 11) is 0. The Kier molecular flexibility index (Phi) is 2.49. The molecular formula is C13H10N4O. The molecule has 3 rings (SSSR count). The Balaban J connectivity index is 1.93. The summed E-state index contributed by atoms with van der Waals surface area (Å²) in [6.07, 6.45) is 4.87. The molecule has 2 heterocycles. The number of hydrogen-bond acceptors (Lipinski definition) is 3. The highest BCUT2D eigenvalue weighted by molar-refractivity contribution is 6.08. The van der Waals surface area contributed by atoms with Crippen LogP contribution in [0.5, 0.6) is 0 Å². The number of nitrogens with one attached hydrogen (secondary N) is 2. The van der Waals surface area contributed by atoms with E-state index in [4.69, 9.17) is 0 Å². The number of fused-ring (bicyclic) bond motifs is 1. The number of anilines is 1. The standard InChI is InChI=1S/C13H10N4O/c18-13(9-4-6-14-7-5-9)16-11-2-1-3-12-10(11)8-15-17-12/h1-8H,(H,15,17)(H,16,18). The fourth-order valence-corrected chi connectivity index (χ4v) is 1.77. The van der Waals surface area contributed by atoms with Crippen LogP contribution in [0, 0.1) is 0 Å². The Morgan fingerprint density at radius 2 is 2.00 bits per heavy atom. The molecule has 0 aliphatic heterocycles. The third-order valence-corrected chi connectivity index (χ3v) is 2.68. The lowest BCUT2D eigenvalue weighted by Crippen LogP contribution is -2.11. The van der Waals surface area contributed by atoms with Gasteiger partial charge in [-0.1, -0.05) is 6.07 Å². The number of amides is 1. The van der Waals surface area contributed by atoms with E-state index in [1.807, 2.05) is 18.2 Å². The molecule has 0 fully saturated rings. The number of pyridine rings is 1. The molecule has 0 aliphatic carbocycles. The predicted octanol–water partition coefficient (Wildman–Crippen LogP) is 2.21. The summed E-state index contributed by atoms with van der Waals surface area (Å²) >= 11 is 0. The molecule has 88 valence electrons. The van der Waals surface area contributed by atoms with Gasteiger partial charge in [0.25, 0.3) is 5.91 Å². The second-order valence-corrected chi connectivity index (χ2v) is 3.83. The van der Waals surface area contributed by atoms with E-state index >= 15 is 0 Å². The molecule has 0 bridgehead atoms. The monoisotopic (exact) mass is 238 g/mol. The van der Waals surface area contributed by atoms with Gasteiger partial charge < -0.3 is 5.32 Å². The van der Waals surface area contributed by atoms with Crippen molar-refractivity contribution in [2.45, 2.75) is 0 Å². The number of hydrogen-bond donors (Lipinski definition) is 2. The molecule has 1 aromatic carbocycles. The maximum Gasteiger partial charge on any atom is 0.255 e. The van der Waals surface area contributed by atoms with E-state index in [2.05, 4.69) is 20.5 Å². The van der Waals surface area contributed by atoms with Gasteiger partial charge in [0.2, 0.25) is 0 Å². The molecule has 3 aromatic rings. The quantitative estimate of drug-likeness (QED) is 0.719. The fourth-order valence-electron chi connectivity index (χ4n) is 1.77. The van der Waals surface area contributed by atoms with E-state index in [-0.39, 0.29) is 5.91 Å². The van der Waals surface area contributed by atoms with Crippen molar-refractivity contribution in [2.75, 3.05) is 5.32 Å². The summed E-state index contributed by atoms with van der Waals surface area (Å²) in [5, 5.41) is 10.6. The fraction of sp³-hybridized carbons (Fsp3) is 0. The summed E-state index contributed by atoms with van der Waals surface area (Å²) in [6, 6.07) is 8.96. The lowest BCUT2D eigenvalue weighted by atomic mass is 10.2. The van der Waals surface area contributed by atoms with Crippen LogP contribution in [0.2, 0.25) is 0 Å². The number of aromatic nitrogens is 3. The number of aromatic amines is 1. The van der Waals surface area contributed by atoms with Gasteiger partial charge in [-0.05, 0) is 24.3 Å². The Bertz CT molecular complexity index is 690. The average Bonchev–Trinajstić information content (AvgIpc) is 2.89. The smallest absolute Gasteiger partial charge is 0.255 e. The summed E-state index contributed by atoms with van der Waals surface area (Å²) in [6.45, 7) is 0. The lowest BCUT2D eigenvalue weighted by Gasteiger charge is -2.05. The van der Waals surface area contributed by atoms with Gasteiger partial charge in [0.15, 0.2) is 0 Å². The van der Waals surface area contributed by atoms with Crippen molar-refractivity contribution in [3.63, 3.8) is 0 Å². The first-order valence-electron chi connectivity index (χ1n) is 5.48. The first kappa shape index (κ1) is 10.5. The van der Waals surface area contributed by atoms with Crippen molar-refractivity contribution in [1.29, 1.82) is 0 Å². The molecule has 2 aromatic heterocycles. The van der Waals surface area contributed by atoms with Crippen LogP contribution in [-0.2, 0) is 0 Å². The Labute approximate surface area is 103 Å². The minimum Gasteiger partial charge on any atom is -0.321 e. The molecule has 2 N–H and O–H groups in total. The first-order valence-corrected chi connectivity index (χ1v) is 5.48. The van der Waals surface area contributed by atoms with Crippen molar-refractivity contribution in [2.24, 2.45) is 0 Å². The van der Waals surface area contributed by atoms with E-state index < -0.39 is 0 Å². The van der Waals surface area contributed by atoms with Crippen molar-refractivity contribution in [3.05, 3.63) is 54.5 Å². The highest BCUT2D eigenvalue weighted by Gasteiger charge is 2.08. The maximum absolute atomic E-state index is 12.0. The van der Waals surface area contributed by atoms with Gasteiger partial charge in [0.1, 0.15) is 0 Å². The number of carbonyl (C=O) groups excluding carboxylic acids is 1. The topological polar surface area (TPSA) is 70.7 Å². The van der Waals surface area contributed by atoms with Gasteiger partial charge in [-0.3, -0.25) is 14.9 Å². The number of benzene rings is 1. The zero-order valence-corrected chi connectivity index (χ0v) is 9.42. The number of carbonyl (C=O) groups is 1.